The first kappa shape index (κ1) is 18.7. The highest BCUT2D eigenvalue weighted by Gasteiger charge is 2.26. The summed E-state index contributed by atoms with van der Waals surface area (Å²) in [6.07, 6.45) is 1.71. The number of hydrogen-bond acceptors (Lipinski definition) is 3. The van der Waals surface area contributed by atoms with E-state index in [-0.39, 0.29) is 24.0 Å². The van der Waals surface area contributed by atoms with Crippen LogP contribution in [0, 0.1) is 5.92 Å². The standard InChI is InChI=1S/C19H30N2O3/c1-14(22)11-18(16-7-4-3-5-8-16)12-20-19(24)21-10-6-9-17(13-21)15(2)23/h3-5,7-8,14-15,17-18,22-23H,6,9-13H2,1-2H3,(H,20,24). The normalized spacial score (nSPS) is 21.8. The summed E-state index contributed by atoms with van der Waals surface area (Å²) in [6, 6.07) is 9.90. The van der Waals surface area contributed by atoms with E-state index >= 15 is 0 Å². The van der Waals surface area contributed by atoms with E-state index < -0.39 is 6.10 Å². The van der Waals surface area contributed by atoms with Gasteiger partial charge in [-0.2, -0.15) is 0 Å². The number of piperidine rings is 1. The Hall–Kier alpha value is -1.59. The fourth-order valence-corrected chi connectivity index (χ4v) is 3.38. The number of rotatable bonds is 6. The first-order chi connectivity index (χ1) is 11.5. The molecule has 0 aliphatic carbocycles. The van der Waals surface area contributed by atoms with Crippen molar-refractivity contribution >= 4 is 6.03 Å². The predicted octanol–water partition coefficient (Wildman–Crippen LogP) is 2.34. The zero-order valence-corrected chi connectivity index (χ0v) is 14.7. The van der Waals surface area contributed by atoms with E-state index in [4.69, 9.17) is 0 Å². The molecule has 4 unspecified atom stereocenters. The number of nitrogens with zero attached hydrogens (tertiary/aromatic N) is 1. The molecule has 0 aromatic heterocycles. The van der Waals surface area contributed by atoms with Gasteiger partial charge in [0.25, 0.3) is 0 Å². The Labute approximate surface area is 144 Å². The molecule has 0 radical (unpaired) electrons. The molecular formula is C19H30N2O3. The van der Waals surface area contributed by atoms with E-state index in [2.05, 4.69) is 5.32 Å². The average molecular weight is 334 g/mol. The Morgan fingerprint density at radius 1 is 1.29 bits per heavy atom. The number of likely N-dealkylation sites (tertiary alicyclic amines) is 1. The van der Waals surface area contributed by atoms with Crippen LogP contribution in [-0.2, 0) is 0 Å². The summed E-state index contributed by atoms with van der Waals surface area (Å²) in [5, 5.41) is 22.5. The van der Waals surface area contributed by atoms with Gasteiger partial charge in [-0.05, 0) is 38.7 Å². The van der Waals surface area contributed by atoms with Crippen molar-refractivity contribution < 1.29 is 15.0 Å². The lowest BCUT2D eigenvalue weighted by Gasteiger charge is -2.34. The molecule has 2 rings (SSSR count). The monoisotopic (exact) mass is 334 g/mol. The van der Waals surface area contributed by atoms with Crippen LogP contribution in [-0.4, -0.2) is 53.0 Å². The summed E-state index contributed by atoms with van der Waals surface area (Å²) in [6.45, 7) is 5.41. The highest BCUT2D eigenvalue weighted by molar-refractivity contribution is 5.74. The number of benzene rings is 1. The number of amides is 2. The fourth-order valence-electron chi connectivity index (χ4n) is 3.38. The van der Waals surface area contributed by atoms with Crippen LogP contribution in [0.3, 0.4) is 0 Å². The van der Waals surface area contributed by atoms with E-state index in [0.717, 1.165) is 24.9 Å². The lowest BCUT2D eigenvalue weighted by atomic mass is 9.93. The van der Waals surface area contributed by atoms with Crippen molar-refractivity contribution in [2.75, 3.05) is 19.6 Å². The summed E-state index contributed by atoms with van der Waals surface area (Å²) in [7, 11) is 0. The van der Waals surface area contributed by atoms with Gasteiger partial charge in [-0.15, -0.1) is 0 Å². The van der Waals surface area contributed by atoms with Crippen LogP contribution in [0.1, 0.15) is 44.6 Å². The van der Waals surface area contributed by atoms with Crippen LogP contribution >= 0.6 is 0 Å². The average Bonchev–Trinajstić information content (AvgIpc) is 2.58. The Morgan fingerprint density at radius 3 is 2.62 bits per heavy atom. The van der Waals surface area contributed by atoms with E-state index in [0.29, 0.717) is 19.5 Å². The van der Waals surface area contributed by atoms with Crippen LogP contribution in [0.25, 0.3) is 0 Å². The van der Waals surface area contributed by atoms with Gasteiger partial charge in [-0.3, -0.25) is 0 Å². The second-order valence-corrected chi connectivity index (χ2v) is 6.97. The Bertz CT molecular complexity index is 505. The lowest BCUT2D eigenvalue weighted by Crippen LogP contribution is -2.48. The van der Waals surface area contributed by atoms with E-state index in [1.807, 2.05) is 30.3 Å². The van der Waals surface area contributed by atoms with Crippen molar-refractivity contribution in [1.29, 1.82) is 0 Å². The van der Waals surface area contributed by atoms with Crippen molar-refractivity contribution in [2.45, 2.75) is 51.2 Å². The lowest BCUT2D eigenvalue weighted by molar-refractivity contribution is 0.0737. The minimum Gasteiger partial charge on any atom is -0.393 e. The molecule has 24 heavy (non-hydrogen) atoms. The molecule has 2 amide bonds. The largest absolute Gasteiger partial charge is 0.393 e. The maximum atomic E-state index is 12.5. The van der Waals surface area contributed by atoms with Crippen LogP contribution in [0.15, 0.2) is 30.3 Å². The van der Waals surface area contributed by atoms with Gasteiger partial charge in [-0.1, -0.05) is 30.3 Å². The van der Waals surface area contributed by atoms with Crippen LogP contribution in [0.5, 0.6) is 0 Å². The maximum Gasteiger partial charge on any atom is 0.317 e. The van der Waals surface area contributed by atoms with Gasteiger partial charge in [0.15, 0.2) is 0 Å². The molecule has 0 bridgehead atoms. The Morgan fingerprint density at radius 2 is 2.00 bits per heavy atom. The molecular weight excluding hydrogens is 304 g/mol. The summed E-state index contributed by atoms with van der Waals surface area (Å²) >= 11 is 0. The molecule has 0 spiro atoms. The molecule has 1 aliphatic rings. The maximum absolute atomic E-state index is 12.5. The third-order valence-corrected chi connectivity index (χ3v) is 4.82. The topological polar surface area (TPSA) is 72.8 Å². The Kier molecular flexibility index (Phi) is 7.06. The van der Waals surface area contributed by atoms with Gasteiger partial charge in [0.05, 0.1) is 12.2 Å². The molecule has 5 nitrogen and oxygen atoms in total. The number of carbonyl (C=O) groups excluding carboxylic acids is 1. The molecule has 1 heterocycles. The number of carbonyl (C=O) groups is 1. The zero-order chi connectivity index (χ0) is 17.5. The van der Waals surface area contributed by atoms with Crippen LogP contribution < -0.4 is 5.32 Å². The third kappa shape index (κ3) is 5.49. The highest BCUT2D eigenvalue weighted by atomic mass is 16.3. The van der Waals surface area contributed by atoms with E-state index in [9.17, 15) is 15.0 Å². The van der Waals surface area contributed by atoms with E-state index in [1.54, 1.807) is 18.7 Å². The summed E-state index contributed by atoms with van der Waals surface area (Å²) in [5.74, 6) is 0.249. The van der Waals surface area contributed by atoms with Crippen molar-refractivity contribution in [3.63, 3.8) is 0 Å². The van der Waals surface area contributed by atoms with Crippen LogP contribution in [0.4, 0.5) is 4.79 Å². The first-order valence-electron chi connectivity index (χ1n) is 8.91. The molecule has 1 fully saturated rings. The van der Waals surface area contributed by atoms with Gasteiger partial charge in [0.2, 0.25) is 0 Å². The second kappa shape index (κ2) is 9.04. The van der Waals surface area contributed by atoms with Gasteiger partial charge >= 0.3 is 6.03 Å². The SMILES string of the molecule is CC(O)CC(CNC(=O)N1CCCC(C(C)O)C1)c1ccccc1. The van der Waals surface area contributed by atoms with Gasteiger partial charge in [0.1, 0.15) is 0 Å². The molecule has 4 atom stereocenters. The van der Waals surface area contributed by atoms with Gasteiger partial charge < -0.3 is 20.4 Å². The van der Waals surface area contributed by atoms with Crippen molar-refractivity contribution in [3.05, 3.63) is 35.9 Å². The molecule has 134 valence electrons. The third-order valence-electron chi connectivity index (χ3n) is 4.82. The highest BCUT2D eigenvalue weighted by Crippen LogP contribution is 2.22. The quantitative estimate of drug-likeness (QED) is 0.748. The van der Waals surface area contributed by atoms with Gasteiger partial charge in [0, 0.05) is 31.5 Å². The summed E-state index contributed by atoms with van der Waals surface area (Å²) in [4.78, 5) is 14.3. The molecule has 1 saturated heterocycles. The summed E-state index contributed by atoms with van der Waals surface area (Å²) < 4.78 is 0. The fraction of sp³-hybridized carbons (Fsp3) is 0.632. The minimum absolute atomic E-state index is 0.0770. The number of nitrogens with one attached hydrogen (secondary N) is 1. The van der Waals surface area contributed by atoms with Crippen molar-refractivity contribution in [1.82, 2.24) is 10.2 Å². The molecule has 1 aliphatic heterocycles. The molecule has 1 aromatic rings. The zero-order valence-electron chi connectivity index (χ0n) is 14.7. The molecule has 5 heteroatoms. The molecule has 0 saturated carbocycles. The summed E-state index contributed by atoms with van der Waals surface area (Å²) in [5.41, 5.74) is 1.12. The number of aliphatic hydroxyl groups is 2. The van der Waals surface area contributed by atoms with Crippen LogP contribution in [0.2, 0.25) is 0 Å². The minimum atomic E-state index is -0.415. The number of urea groups is 1. The number of aliphatic hydroxyl groups excluding tert-OH is 2. The first-order valence-corrected chi connectivity index (χ1v) is 8.91. The second-order valence-electron chi connectivity index (χ2n) is 6.97. The molecule has 3 N–H and O–H groups in total. The van der Waals surface area contributed by atoms with Gasteiger partial charge in [-0.25, -0.2) is 4.79 Å². The predicted molar refractivity (Wildman–Crippen MR) is 94.9 cm³/mol. The molecule has 1 aromatic carbocycles. The Balaban J connectivity index is 1.92. The smallest absolute Gasteiger partial charge is 0.317 e. The number of hydrogen-bond donors (Lipinski definition) is 3. The van der Waals surface area contributed by atoms with Crippen molar-refractivity contribution in [2.24, 2.45) is 5.92 Å². The van der Waals surface area contributed by atoms with E-state index in [1.165, 1.54) is 0 Å². The van der Waals surface area contributed by atoms with Crippen molar-refractivity contribution in [3.8, 4) is 0 Å².